The summed E-state index contributed by atoms with van der Waals surface area (Å²) in [5.41, 5.74) is 1.89. The number of halogens is 2. The molecular weight excluding hydrogens is 313 g/mol. The lowest BCUT2D eigenvalue weighted by atomic mass is 10.0. The van der Waals surface area contributed by atoms with Crippen LogP contribution in [0, 0.1) is 19.7 Å². The maximum Gasteiger partial charge on any atom is 0.129 e. The molecule has 0 aliphatic rings. The lowest BCUT2D eigenvalue weighted by molar-refractivity contribution is 0.578. The molecule has 1 nitrogen and oxygen atoms in total. The normalized spacial score (nSPS) is 12.7. The fourth-order valence-electron chi connectivity index (χ4n) is 2.11. The van der Waals surface area contributed by atoms with E-state index in [1.165, 1.54) is 21.4 Å². The van der Waals surface area contributed by atoms with Crippen LogP contribution in [0.25, 0.3) is 0 Å². The van der Waals surface area contributed by atoms with Gasteiger partial charge in [-0.15, -0.1) is 11.3 Å². The topological polar surface area (TPSA) is 12.0 Å². The van der Waals surface area contributed by atoms with Crippen LogP contribution < -0.4 is 5.32 Å². The van der Waals surface area contributed by atoms with E-state index in [0.29, 0.717) is 5.56 Å². The van der Waals surface area contributed by atoms with E-state index in [0.717, 1.165) is 4.47 Å². The molecular formula is C14H15BrFNS. The summed E-state index contributed by atoms with van der Waals surface area (Å²) in [7, 11) is 1.86. The maximum absolute atomic E-state index is 14.0. The second-order valence-electron chi connectivity index (χ2n) is 4.29. The number of hydrogen-bond acceptors (Lipinski definition) is 2. The highest BCUT2D eigenvalue weighted by molar-refractivity contribution is 9.10. The van der Waals surface area contributed by atoms with Gasteiger partial charge in [0, 0.05) is 19.8 Å². The van der Waals surface area contributed by atoms with E-state index in [2.05, 4.69) is 41.2 Å². The highest BCUT2D eigenvalue weighted by Gasteiger charge is 2.19. The van der Waals surface area contributed by atoms with Gasteiger partial charge in [0.15, 0.2) is 0 Å². The highest BCUT2D eigenvalue weighted by atomic mass is 79.9. The van der Waals surface area contributed by atoms with Gasteiger partial charge in [0.25, 0.3) is 0 Å². The Hall–Kier alpha value is -0.710. The average Bonchev–Trinajstić information content (AvgIpc) is 2.62. The van der Waals surface area contributed by atoms with Crippen molar-refractivity contribution in [3.05, 3.63) is 55.4 Å². The summed E-state index contributed by atoms with van der Waals surface area (Å²) in [6, 6.07) is 7.27. The lowest BCUT2D eigenvalue weighted by Gasteiger charge is -2.17. The van der Waals surface area contributed by atoms with Crippen molar-refractivity contribution in [2.75, 3.05) is 7.05 Å². The third-order valence-corrected chi connectivity index (χ3v) is 4.61. The number of hydrogen-bond donors (Lipinski definition) is 1. The molecule has 0 saturated carbocycles. The highest BCUT2D eigenvalue weighted by Crippen LogP contribution is 2.33. The number of benzene rings is 1. The molecule has 0 spiro atoms. The van der Waals surface area contributed by atoms with Crippen LogP contribution in [0.3, 0.4) is 0 Å². The number of nitrogens with one attached hydrogen (secondary N) is 1. The van der Waals surface area contributed by atoms with E-state index in [1.54, 1.807) is 11.3 Å². The summed E-state index contributed by atoms with van der Waals surface area (Å²) in [4.78, 5) is 2.43. The van der Waals surface area contributed by atoms with Crippen molar-refractivity contribution in [2.24, 2.45) is 0 Å². The Morgan fingerprint density at radius 1 is 1.28 bits per heavy atom. The van der Waals surface area contributed by atoms with Crippen LogP contribution in [0.5, 0.6) is 0 Å². The lowest BCUT2D eigenvalue weighted by Crippen LogP contribution is -2.18. The molecule has 0 saturated heterocycles. The monoisotopic (exact) mass is 327 g/mol. The first-order chi connectivity index (χ1) is 8.52. The molecule has 0 aliphatic heterocycles. The second-order valence-corrected chi connectivity index (χ2v) is 6.50. The molecule has 2 rings (SSSR count). The summed E-state index contributed by atoms with van der Waals surface area (Å²) >= 11 is 5.00. The molecule has 1 N–H and O–H groups in total. The van der Waals surface area contributed by atoms with E-state index >= 15 is 0 Å². The average molecular weight is 328 g/mol. The van der Waals surface area contributed by atoms with Crippen molar-refractivity contribution in [1.29, 1.82) is 0 Å². The molecule has 1 atom stereocenters. The third kappa shape index (κ3) is 2.66. The molecule has 2 aromatic rings. The second kappa shape index (κ2) is 5.51. The smallest absolute Gasteiger partial charge is 0.129 e. The van der Waals surface area contributed by atoms with Gasteiger partial charge in [-0.05, 0) is 44.7 Å². The minimum atomic E-state index is -0.186. The van der Waals surface area contributed by atoms with Gasteiger partial charge in [0.05, 0.1) is 6.04 Å². The summed E-state index contributed by atoms with van der Waals surface area (Å²) in [6.45, 7) is 4.14. The molecule has 18 heavy (non-hydrogen) atoms. The molecule has 4 heteroatoms. The number of thiophene rings is 1. The molecule has 1 aromatic carbocycles. The van der Waals surface area contributed by atoms with Crippen LogP contribution in [0.4, 0.5) is 4.39 Å². The van der Waals surface area contributed by atoms with Crippen molar-refractivity contribution in [1.82, 2.24) is 5.32 Å². The first-order valence-electron chi connectivity index (χ1n) is 5.72. The van der Waals surface area contributed by atoms with Crippen LogP contribution in [-0.2, 0) is 0 Å². The van der Waals surface area contributed by atoms with E-state index in [9.17, 15) is 4.39 Å². The van der Waals surface area contributed by atoms with Gasteiger partial charge in [-0.3, -0.25) is 0 Å². The van der Waals surface area contributed by atoms with Crippen LogP contribution in [0.2, 0.25) is 0 Å². The molecule has 0 fully saturated rings. The Balaban J connectivity index is 2.48. The Morgan fingerprint density at radius 2 is 2.00 bits per heavy atom. The quantitative estimate of drug-likeness (QED) is 0.870. The Labute approximate surface area is 119 Å². The summed E-state index contributed by atoms with van der Waals surface area (Å²) in [5.74, 6) is -0.186. The van der Waals surface area contributed by atoms with Crippen LogP contribution in [0.1, 0.15) is 26.9 Å². The Bertz CT molecular complexity index is 565. The van der Waals surface area contributed by atoms with Gasteiger partial charge in [-0.2, -0.15) is 0 Å². The fraction of sp³-hybridized carbons (Fsp3) is 0.286. The van der Waals surface area contributed by atoms with Crippen LogP contribution in [0.15, 0.2) is 28.7 Å². The Morgan fingerprint density at radius 3 is 2.50 bits per heavy atom. The molecule has 96 valence electrons. The largest absolute Gasteiger partial charge is 0.309 e. The van der Waals surface area contributed by atoms with E-state index in [-0.39, 0.29) is 11.9 Å². The molecule has 1 heterocycles. The molecule has 0 radical (unpaired) electrons. The van der Waals surface area contributed by atoms with Gasteiger partial charge in [0.2, 0.25) is 0 Å². The van der Waals surface area contributed by atoms with E-state index in [1.807, 2.05) is 19.2 Å². The first-order valence-corrected chi connectivity index (χ1v) is 7.33. The van der Waals surface area contributed by atoms with Crippen molar-refractivity contribution in [3.8, 4) is 0 Å². The summed E-state index contributed by atoms with van der Waals surface area (Å²) < 4.78 is 14.8. The zero-order chi connectivity index (χ0) is 13.3. The number of rotatable bonds is 3. The molecule has 1 aromatic heterocycles. The molecule has 0 aliphatic carbocycles. The van der Waals surface area contributed by atoms with Crippen LogP contribution in [-0.4, -0.2) is 7.05 Å². The minimum absolute atomic E-state index is 0.0863. The third-order valence-electron chi connectivity index (χ3n) is 2.90. The van der Waals surface area contributed by atoms with E-state index in [4.69, 9.17) is 0 Å². The fourth-order valence-corrected chi connectivity index (χ4v) is 3.61. The SMILES string of the molecule is CNC(c1ccc(Br)cc1F)c1sc(C)cc1C. The first kappa shape index (κ1) is 13.7. The van der Waals surface area contributed by atoms with E-state index < -0.39 is 0 Å². The van der Waals surface area contributed by atoms with Gasteiger partial charge < -0.3 is 5.32 Å². The summed E-state index contributed by atoms with van der Waals surface area (Å²) in [6.07, 6.45) is 0. The van der Waals surface area contributed by atoms with Gasteiger partial charge in [-0.1, -0.05) is 22.0 Å². The summed E-state index contributed by atoms with van der Waals surface area (Å²) in [5, 5.41) is 3.20. The van der Waals surface area contributed by atoms with Gasteiger partial charge in [0.1, 0.15) is 5.82 Å². The van der Waals surface area contributed by atoms with Crippen molar-refractivity contribution >= 4 is 27.3 Å². The van der Waals surface area contributed by atoms with Crippen molar-refractivity contribution in [3.63, 3.8) is 0 Å². The van der Waals surface area contributed by atoms with Crippen molar-refractivity contribution in [2.45, 2.75) is 19.9 Å². The molecule has 1 unspecified atom stereocenters. The predicted molar refractivity (Wildman–Crippen MR) is 78.8 cm³/mol. The maximum atomic E-state index is 14.0. The van der Waals surface area contributed by atoms with Gasteiger partial charge in [-0.25, -0.2) is 4.39 Å². The zero-order valence-electron chi connectivity index (χ0n) is 10.6. The molecule has 0 amide bonds. The van der Waals surface area contributed by atoms with Crippen molar-refractivity contribution < 1.29 is 4.39 Å². The number of aryl methyl sites for hydroxylation is 2. The predicted octanol–water partition coefficient (Wildman–Crippen LogP) is 4.58. The zero-order valence-corrected chi connectivity index (χ0v) is 13.0. The minimum Gasteiger partial charge on any atom is -0.309 e. The molecule has 0 bridgehead atoms. The standard InChI is InChI=1S/C14H15BrFNS/c1-8-6-9(2)18-14(8)13(17-3)11-5-4-10(15)7-12(11)16/h4-7,13,17H,1-3H3. The Kier molecular flexibility index (Phi) is 4.20. The van der Waals surface area contributed by atoms with Crippen LogP contribution >= 0.6 is 27.3 Å². The van der Waals surface area contributed by atoms with Gasteiger partial charge >= 0.3 is 0 Å².